The second-order valence-corrected chi connectivity index (χ2v) is 11.6. The van der Waals surface area contributed by atoms with Gasteiger partial charge in [0, 0.05) is 47.5 Å². The van der Waals surface area contributed by atoms with Crippen LogP contribution in [0.25, 0.3) is 81.5 Å². The number of nitrogens with zero attached hydrogens (tertiary/aromatic N) is 4. The number of thiophene rings is 1. The van der Waals surface area contributed by atoms with Crippen LogP contribution in [-0.4, -0.2) is 19.5 Å². The Morgan fingerprint density at radius 3 is 1.83 bits per heavy atom. The molecule has 0 spiro atoms. The second-order valence-electron chi connectivity index (χ2n) is 10.5. The molecule has 6 aromatic carbocycles. The lowest BCUT2D eigenvalue weighted by atomic mass is 10.0. The Labute approximate surface area is 245 Å². The highest BCUT2D eigenvalue weighted by Gasteiger charge is 2.19. The maximum Gasteiger partial charge on any atom is 0.238 e. The first kappa shape index (κ1) is 23.3. The number of rotatable bonds is 3. The first-order valence-electron chi connectivity index (χ1n) is 14.0. The van der Waals surface area contributed by atoms with E-state index < -0.39 is 0 Å². The molecule has 0 bridgehead atoms. The predicted octanol–water partition coefficient (Wildman–Crippen LogP) is 9.82. The van der Waals surface area contributed by atoms with Gasteiger partial charge < -0.3 is 0 Å². The fourth-order valence-corrected chi connectivity index (χ4v) is 7.31. The summed E-state index contributed by atoms with van der Waals surface area (Å²) in [6, 6.07) is 46.7. The molecule has 0 aliphatic rings. The zero-order valence-electron chi connectivity index (χ0n) is 22.4. The molecular formula is C37H22N4S. The monoisotopic (exact) mass is 554 g/mol. The maximum atomic E-state index is 5.09. The van der Waals surface area contributed by atoms with E-state index in [2.05, 4.69) is 77.4 Å². The van der Waals surface area contributed by atoms with Crippen molar-refractivity contribution in [3.63, 3.8) is 0 Å². The van der Waals surface area contributed by atoms with Crippen molar-refractivity contribution in [2.75, 3.05) is 0 Å². The Bertz CT molecular complexity index is 2400. The van der Waals surface area contributed by atoms with E-state index in [-0.39, 0.29) is 0 Å². The molecule has 9 aromatic rings. The van der Waals surface area contributed by atoms with E-state index in [4.69, 9.17) is 15.0 Å². The van der Waals surface area contributed by atoms with Crippen molar-refractivity contribution >= 4 is 64.1 Å². The zero-order valence-corrected chi connectivity index (χ0v) is 23.2. The normalized spacial score (nSPS) is 11.8. The molecule has 0 radical (unpaired) electrons. The lowest BCUT2D eigenvalue weighted by molar-refractivity contribution is 0.954. The van der Waals surface area contributed by atoms with E-state index in [9.17, 15) is 0 Å². The van der Waals surface area contributed by atoms with Gasteiger partial charge in [0.15, 0.2) is 11.6 Å². The average Bonchev–Trinajstić information content (AvgIpc) is 3.60. The lowest BCUT2D eigenvalue weighted by Crippen LogP contribution is -2.06. The molecule has 0 saturated carbocycles. The molecule has 0 saturated heterocycles. The van der Waals surface area contributed by atoms with Crippen molar-refractivity contribution in [1.82, 2.24) is 19.5 Å². The van der Waals surface area contributed by atoms with E-state index in [0.717, 1.165) is 22.2 Å². The fourth-order valence-electron chi connectivity index (χ4n) is 6.08. The highest BCUT2D eigenvalue weighted by Crippen LogP contribution is 2.41. The smallest absolute Gasteiger partial charge is 0.238 e. The summed E-state index contributed by atoms with van der Waals surface area (Å²) in [4.78, 5) is 15.1. The fraction of sp³-hybridized carbons (Fsp3) is 0. The molecule has 0 aliphatic carbocycles. The van der Waals surface area contributed by atoms with Gasteiger partial charge >= 0.3 is 0 Å². The van der Waals surface area contributed by atoms with Crippen LogP contribution in [0.15, 0.2) is 133 Å². The summed E-state index contributed by atoms with van der Waals surface area (Å²) in [7, 11) is 0. The summed E-state index contributed by atoms with van der Waals surface area (Å²) in [5, 5.41) is 7.43. The summed E-state index contributed by atoms with van der Waals surface area (Å²) in [6.07, 6.45) is 0. The summed E-state index contributed by atoms with van der Waals surface area (Å²) in [5.41, 5.74) is 4.06. The quantitative estimate of drug-likeness (QED) is 0.218. The molecule has 4 nitrogen and oxygen atoms in total. The Balaban J connectivity index is 1.40. The van der Waals surface area contributed by atoms with Crippen molar-refractivity contribution in [1.29, 1.82) is 0 Å². The minimum atomic E-state index is 0.608. The van der Waals surface area contributed by atoms with Crippen molar-refractivity contribution in [2.45, 2.75) is 0 Å². The van der Waals surface area contributed by atoms with Crippen molar-refractivity contribution in [3.8, 4) is 28.7 Å². The van der Waals surface area contributed by atoms with Gasteiger partial charge in [-0.1, -0.05) is 109 Å². The Morgan fingerprint density at radius 1 is 0.452 bits per heavy atom. The number of benzene rings is 6. The Hall–Kier alpha value is -5.39. The predicted molar refractivity (Wildman–Crippen MR) is 175 cm³/mol. The molecule has 3 heterocycles. The SMILES string of the molecule is c1ccc(-c2nc(-c3ccccc3)nc(-n3c4ccccc4c4cc5ccc6c7ccccc7sc6c5cc43)n2)cc1. The van der Waals surface area contributed by atoms with Gasteiger partial charge in [0.25, 0.3) is 0 Å². The minimum Gasteiger partial charge on any atom is -0.278 e. The van der Waals surface area contributed by atoms with Gasteiger partial charge in [0.1, 0.15) is 0 Å². The second kappa shape index (κ2) is 9.06. The van der Waals surface area contributed by atoms with Crippen molar-refractivity contribution < 1.29 is 0 Å². The Morgan fingerprint density at radius 2 is 1.10 bits per heavy atom. The lowest BCUT2D eigenvalue weighted by Gasteiger charge is -2.11. The van der Waals surface area contributed by atoms with E-state index in [0.29, 0.717) is 17.6 Å². The van der Waals surface area contributed by atoms with Crippen LogP contribution in [0.5, 0.6) is 0 Å². The first-order chi connectivity index (χ1) is 20.8. The number of para-hydroxylation sites is 1. The highest BCUT2D eigenvalue weighted by atomic mass is 32.1. The summed E-state index contributed by atoms with van der Waals surface area (Å²) < 4.78 is 4.81. The summed E-state index contributed by atoms with van der Waals surface area (Å²) >= 11 is 1.86. The third-order valence-electron chi connectivity index (χ3n) is 8.04. The molecule has 5 heteroatoms. The molecule has 0 amide bonds. The largest absolute Gasteiger partial charge is 0.278 e. The van der Waals surface area contributed by atoms with Crippen molar-refractivity contribution in [3.05, 3.63) is 133 Å². The molecule has 42 heavy (non-hydrogen) atoms. The van der Waals surface area contributed by atoms with Crippen LogP contribution in [0, 0.1) is 0 Å². The Kier molecular flexibility index (Phi) is 5.03. The van der Waals surface area contributed by atoms with Crippen LogP contribution in [0.2, 0.25) is 0 Å². The molecule has 0 unspecified atom stereocenters. The van der Waals surface area contributed by atoms with Crippen LogP contribution in [-0.2, 0) is 0 Å². The third kappa shape index (κ3) is 3.51. The number of aromatic nitrogens is 4. The van der Waals surface area contributed by atoms with E-state index in [1.165, 1.54) is 41.7 Å². The molecule has 0 fully saturated rings. The van der Waals surface area contributed by atoms with Crippen LogP contribution < -0.4 is 0 Å². The third-order valence-corrected chi connectivity index (χ3v) is 9.26. The van der Waals surface area contributed by atoms with Gasteiger partial charge in [0.05, 0.1) is 11.0 Å². The number of hydrogen-bond donors (Lipinski definition) is 0. The molecule has 9 rings (SSSR count). The van der Waals surface area contributed by atoms with Gasteiger partial charge in [0.2, 0.25) is 5.95 Å². The molecule has 0 N–H and O–H groups in total. The number of hydrogen-bond acceptors (Lipinski definition) is 4. The van der Waals surface area contributed by atoms with Gasteiger partial charge in [-0.2, -0.15) is 9.97 Å². The van der Waals surface area contributed by atoms with E-state index in [1.807, 2.05) is 72.0 Å². The van der Waals surface area contributed by atoms with Crippen LogP contribution in [0.4, 0.5) is 0 Å². The van der Waals surface area contributed by atoms with Gasteiger partial charge in [-0.25, -0.2) is 4.98 Å². The van der Waals surface area contributed by atoms with Gasteiger partial charge in [-0.15, -0.1) is 11.3 Å². The first-order valence-corrected chi connectivity index (χ1v) is 14.8. The van der Waals surface area contributed by atoms with E-state index in [1.54, 1.807) is 0 Å². The molecule has 196 valence electrons. The highest BCUT2D eigenvalue weighted by molar-refractivity contribution is 7.26. The van der Waals surface area contributed by atoms with Gasteiger partial charge in [-0.3, -0.25) is 4.57 Å². The van der Waals surface area contributed by atoms with E-state index >= 15 is 0 Å². The molecule has 0 aliphatic heterocycles. The standard InChI is InChI=1S/C37H22N4S/c1-3-11-23(12-4-1)35-38-36(24-13-5-2-6-14-24)40-37(39-35)41-31-17-9-7-15-26(31)30-21-25-19-20-28-27-16-8-10-18-33(27)42-34(28)29(25)22-32(30)41/h1-22H. The topological polar surface area (TPSA) is 43.6 Å². The molecule has 0 atom stereocenters. The molecule has 3 aromatic heterocycles. The zero-order chi connectivity index (χ0) is 27.6. The summed E-state index contributed by atoms with van der Waals surface area (Å²) in [5.74, 6) is 1.91. The summed E-state index contributed by atoms with van der Waals surface area (Å²) in [6.45, 7) is 0. The minimum absolute atomic E-state index is 0.608. The van der Waals surface area contributed by atoms with Crippen LogP contribution in [0.1, 0.15) is 0 Å². The van der Waals surface area contributed by atoms with Gasteiger partial charge in [-0.05, 0) is 29.7 Å². The van der Waals surface area contributed by atoms with Crippen molar-refractivity contribution in [2.24, 2.45) is 0 Å². The van der Waals surface area contributed by atoms with Crippen LogP contribution >= 0.6 is 11.3 Å². The average molecular weight is 555 g/mol. The number of fused-ring (bicyclic) bond motifs is 8. The molecular weight excluding hydrogens is 533 g/mol. The maximum absolute atomic E-state index is 5.09. The van der Waals surface area contributed by atoms with Crippen LogP contribution in [0.3, 0.4) is 0 Å².